The summed E-state index contributed by atoms with van der Waals surface area (Å²) in [6.45, 7) is 4.68. The van der Waals surface area contributed by atoms with Crippen molar-refractivity contribution in [1.82, 2.24) is 25.6 Å². The van der Waals surface area contributed by atoms with Crippen LogP contribution in [0.2, 0.25) is 0 Å². The van der Waals surface area contributed by atoms with E-state index in [1.165, 1.54) is 0 Å². The summed E-state index contributed by atoms with van der Waals surface area (Å²) in [6.07, 6.45) is 4.70. The first-order valence-electron chi connectivity index (χ1n) is 8.26. The quantitative estimate of drug-likeness (QED) is 0.800. The Bertz CT molecular complexity index is 745. The van der Waals surface area contributed by atoms with Crippen molar-refractivity contribution in [3.8, 4) is 11.4 Å². The van der Waals surface area contributed by atoms with Gasteiger partial charge in [0.15, 0.2) is 0 Å². The van der Waals surface area contributed by atoms with Gasteiger partial charge in [-0.1, -0.05) is 6.92 Å². The van der Waals surface area contributed by atoms with Gasteiger partial charge in [0.1, 0.15) is 5.82 Å². The summed E-state index contributed by atoms with van der Waals surface area (Å²) < 4.78 is 0. The van der Waals surface area contributed by atoms with Crippen molar-refractivity contribution < 1.29 is 4.79 Å². The minimum Gasteiger partial charge on any atom is -0.356 e. The summed E-state index contributed by atoms with van der Waals surface area (Å²) in [4.78, 5) is 24.7. The molecule has 120 valence electrons. The first-order valence-corrected chi connectivity index (χ1v) is 8.26. The maximum atomic E-state index is 12.3. The van der Waals surface area contributed by atoms with Crippen LogP contribution < -0.4 is 10.6 Å². The topological polar surface area (TPSA) is 82.7 Å². The Morgan fingerprint density at radius 3 is 3.04 bits per heavy atom. The normalized spacial score (nSPS) is 23.1. The highest BCUT2D eigenvalue weighted by atomic mass is 16.1. The Kier molecular flexibility index (Phi) is 3.41. The molecule has 1 unspecified atom stereocenters. The van der Waals surface area contributed by atoms with Crippen LogP contribution in [0, 0.1) is 0 Å². The van der Waals surface area contributed by atoms with E-state index in [0.29, 0.717) is 6.54 Å². The van der Waals surface area contributed by atoms with Gasteiger partial charge >= 0.3 is 0 Å². The molecule has 4 rings (SSSR count). The molecule has 6 heteroatoms. The molecular formula is C17H21N5O. The number of H-pyrrole nitrogens is 1. The third-order valence-electron chi connectivity index (χ3n) is 4.88. The zero-order chi connectivity index (χ0) is 15.9. The molecule has 0 bridgehead atoms. The van der Waals surface area contributed by atoms with Gasteiger partial charge in [0, 0.05) is 36.8 Å². The van der Waals surface area contributed by atoms with Crippen molar-refractivity contribution in [2.75, 3.05) is 19.6 Å². The number of amides is 1. The minimum absolute atomic E-state index is 0.00265. The molecule has 2 aromatic heterocycles. The lowest BCUT2D eigenvalue weighted by molar-refractivity contribution is 0.0926. The van der Waals surface area contributed by atoms with E-state index in [-0.39, 0.29) is 11.3 Å². The van der Waals surface area contributed by atoms with Gasteiger partial charge in [0.25, 0.3) is 5.91 Å². The van der Waals surface area contributed by atoms with Gasteiger partial charge in [-0.3, -0.25) is 4.79 Å². The Morgan fingerprint density at radius 1 is 1.35 bits per heavy atom. The van der Waals surface area contributed by atoms with Crippen LogP contribution in [0.15, 0.2) is 18.3 Å². The van der Waals surface area contributed by atoms with Crippen molar-refractivity contribution in [3.63, 3.8) is 0 Å². The first-order chi connectivity index (χ1) is 11.2. The summed E-state index contributed by atoms with van der Waals surface area (Å²) in [5, 5.41) is 6.45. The van der Waals surface area contributed by atoms with E-state index in [4.69, 9.17) is 0 Å². The zero-order valence-electron chi connectivity index (χ0n) is 13.3. The standard InChI is InChI=1S/C17H21N5O/c1-2-3-14-19-6-4-12(21-14)13-8-11-15(22-13)17(5-7-18-9-17)10-20-16(11)23/h4,6,8,18,22H,2-3,5,7,9-10H2,1H3,(H,20,23). The summed E-state index contributed by atoms with van der Waals surface area (Å²) in [6, 6.07) is 3.83. The molecule has 0 aromatic carbocycles. The van der Waals surface area contributed by atoms with Gasteiger partial charge < -0.3 is 15.6 Å². The molecule has 2 aromatic rings. The molecule has 23 heavy (non-hydrogen) atoms. The van der Waals surface area contributed by atoms with Gasteiger partial charge in [-0.2, -0.15) is 0 Å². The fraction of sp³-hybridized carbons (Fsp3) is 0.471. The molecule has 1 saturated heterocycles. The molecule has 4 heterocycles. The Morgan fingerprint density at radius 2 is 2.26 bits per heavy atom. The third-order valence-corrected chi connectivity index (χ3v) is 4.88. The lowest BCUT2D eigenvalue weighted by atomic mass is 9.79. The lowest BCUT2D eigenvalue weighted by Gasteiger charge is -2.32. The highest BCUT2D eigenvalue weighted by Crippen LogP contribution is 2.36. The molecule has 2 aliphatic heterocycles. The number of hydrogen-bond acceptors (Lipinski definition) is 4. The average molecular weight is 311 g/mol. The summed E-state index contributed by atoms with van der Waals surface area (Å²) in [5.41, 5.74) is 3.55. The SMILES string of the molecule is CCCc1nccc(-c2cc3c([nH]2)C2(CCNC2)CNC3=O)n1. The molecule has 1 fully saturated rings. The van der Waals surface area contributed by atoms with E-state index in [1.54, 1.807) is 6.20 Å². The van der Waals surface area contributed by atoms with Gasteiger partial charge in [0.2, 0.25) is 0 Å². The molecule has 3 N–H and O–H groups in total. The van der Waals surface area contributed by atoms with Gasteiger partial charge in [-0.05, 0) is 31.5 Å². The highest BCUT2D eigenvalue weighted by molar-refractivity contribution is 5.98. The Hall–Kier alpha value is -2.21. The molecule has 0 saturated carbocycles. The molecule has 2 aliphatic rings. The Labute approximate surface area is 135 Å². The smallest absolute Gasteiger partial charge is 0.253 e. The molecular weight excluding hydrogens is 290 g/mol. The van der Waals surface area contributed by atoms with Crippen molar-refractivity contribution in [2.45, 2.75) is 31.6 Å². The largest absolute Gasteiger partial charge is 0.356 e. The van der Waals surface area contributed by atoms with Gasteiger partial charge in [0.05, 0.1) is 17.0 Å². The second-order valence-corrected chi connectivity index (χ2v) is 6.47. The van der Waals surface area contributed by atoms with Crippen LogP contribution in [0.1, 0.15) is 41.6 Å². The van der Waals surface area contributed by atoms with Crippen molar-refractivity contribution in [3.05, 3.63) is 35.4 Å². The third kappa shape index (κ3) is 2.34. The number of aryl methyl sites for hydroxylation is 1. The van der Waals surface area contributed by atoms with Crippen LogP contribution in [0.25, 0.3) is 11.4 Å². The minimum atomic E-state index is -0.0131. The molecule has 1 spiro atoms. The van der Waals surface area contributed by atoms with E-state index in [0.717, 1.165) is 60.8 Å². The predicted molar refractivity (Wildman–Crippen MR) is 87.3 cm³/mol. The second kappa shape index (κ2) is 5.45. The molecule has 1 amide bonds. The maximum absolute atomic E-state index is 12.3. The van der Waals surface area contributed by atoms with E-state index < -0.39 is 0 Å². The van der Waals surface area contributed by atoms with E-state index in [9.17, 15) is 4.79 Å². The zero-order valence-corrected chi connectivity index (χ0v) is 13.3. The number of rotatable bonds is 3. The van der Waals surface area contributed by atoms with Crippen molar-refractivity contribution >= 4 is 5.91 Å². The highest BCUT2D eigenvalue weighted by Gasteiger charge is 2.43. The van der Waals surface area contributed by atoms with E-state index in [2.05, 4.69) is 32.5 Å². The summed E-state index contributed by atoms with van der Waals surface area (Å²) >= 11 is 0. The van der Waals surface area contributed by atoms with Crippen molar-refractivity contribution in [1.29, 1.82) is 0 Å². The molecule has 6 nitrogen and oxygen atoms in total. The molecule has 0 radical (unpaired) electrons. The predicted octanol–water partition coefficient (Wildman–Crippen LogP) is 1.40. The number of nitrogens with one attached hydrogen (secondary N) is 3. The van der Waals surface area contributed by atoms with Crippen molar-refractivity contribution in [2.24, 2.45) is 0 Å². The summed E-state index contributed by atoms with van der Waals surface area (Å²) in [7, 11) is 0. The van der Waals surface area contributed by atoms with Crippen LogP contribution in [0.3, 0.4) is 0 Å². The number of carbonyl (C=O) groups is 1. The number of aromatic amines is 1. The monoisotopic (exact) mass is 311 g/mol. The van der Waals surface area contributed by atoms with Crippen LogP contribution >= 0.6 is 0 Å². The number of carbonyl (C=O) groups excluding carboxylic acids is 1. The molecule has 0 aliphatic carbocycles. The lowest BCUT2D eigenvalue weighted by Crippen LogP contribution is -2.48. The Balaban J connectivity index is 1.77. The van der Waals surface area contributed by atoms with Gasteiger partial charge in [-0.25, -0.2) is 9.97 Å². The number of aromatic nitrogens is 3. The van der Waals surface area contributed by atoms with E-state index in [1.807, 2.05) is 12.1 Å². The fourth-order valence-electron chi connectivity index (χ4n) is 3.62. The molecule has 1 atom stereocenters. The number of nitrogens with zero attached hydrogens (tertiary/aromatic N) is 2. The first kappa shape index (κ1) is 14.4. The van der Waals surface area contributed by atoms with Gasteiger partial charge in [-0.15, -0.1) is 0 Å². The number of fused-ring (bicyclic) bond motifs is 2. The van der Waals surface area contributed by atoms with Crippen LogP contribution in [0.4, 0.5) is 0 Å². The second-order valence-electron chi connectivity index (χ2n) is 6.47. The van der Waals surface area contributed by atoms with Crippen LogP contribution in [-0.4, -0.2) is 40.5 Å². The van der Waals surface area contributed by atoms with Crippen LogP contribution in [0.5, 0.6) is 0 Å². The maximum Gasteiger partial charge on any atom is 0.253 e. The van der Waals surface area contributed by atoms with Crippen LogP contribution in [-0.2, 0) is 11.8 Å². The average Bonchev–Trinajstić information content (AvgIpc) is 3.21. The fourth-order valence-corrected chi connectivity index (χ4v) is 3.62. The van der Waals surface area contributed by atoms with E-state index >= 15 is 0 Å². The summed E-state index contributed by atoms with van der Waals surface area (Å²) in [5.74, 6) is 0.849. The number of hydrogen-bond donors (Lipinski definition) is 3.